The second-order valence-electron chi connectivity index (χ2n) is 9.37. The van der Waals surface area contributed by atoms with E-state index in [2.05, 4.69) is 4.98 Å². The van der Waals surface area contributed by atoms with Crippen LogP contribution in [0.5, 0.6) is 5.75 Å². The molecule has 0 saturated heterocycles. The molecule has 9 heteroatoms. The van der Waals surface area contributed by atoms with Crippen LogP contribution in [0.25, 0.3) is 22.2 Å². The van der Waals surface area contributed by atoms with Crippen LogP contribution < -0.4 is 4.74 Å². The van der Waals surface area contributed by atoms with Crippen molar-refractivity contribution in [2.45, 2.75) is 45.6 Å². The third kappa shape index (κ3) is 6.02. The number of hydrogen-bond acceptors (Lipinski definition) is 7. The van der Waals surface area contributed by atoms with Crippen LogP contribution in [0.15, 0.2) is 76.4 Å². The molecule has 4 aromatic rings. The molecule has 0 saturated carbocycles. The molecule has 1 atom stereocenters. The molecule has 0 radical (unpaired) electrons. The van der Waals surface area contributed by atoms with E-state index < -0.39 is 6.04 Å². The van der Waals surface area contributed by atoms with E-state index in [1.807, 2.05) is 67.6 Å². The fraction of sp³-hybridized carbons (Fsp3) is 0.290. The van der Waals surface area contributed by atoms with Gasteiger partial charge in [-0.05, 0) is 56.2 Å². The maximum Gasteiger partial charge on any atom is 0.305 e. The van der Waals surface area contributed by atoms with Crippen LogP contribution in [0.2, 0.25) is 5.15 Å². The highest BCUT2D eigenvalue weighted by Gasteiger charge is 2.34. The summed E-state index contributed by atoms with van der Waals surface area (Å²) in [4.78, 5) is 29.8. The van der Waals surface area contributed by atoms with Gasteiger partial charge in [0.25, 0.3) is 0 Å². The van der Waals surface area contributed by atoms with Crippen molar-refractivity contribution in [3.05, 3.63) is 83.2 Å². The quantitative estimate of drug-likeness (QED) is 0.154. The summed E-state index contributed by atoms with van der Waals surface area (Å²) >= 11 is 6.72. The lowest BCUT2D eigenvalue weighted by Crippen LogP contribution is -2.27. The topological polar surface area (TPSA) is 94.2 Å². The van der Waals surface area contributed by atoms with Crippen LogP contribution in [0.1, 0.15) is 56.7 Å². The number of amides is 1. The Morgan fingerprint density at radius 2 is 1.82 bits per heavy atom. The maximum absolute atomic E-state index is 13.4. The fourth-order valence-corrected chi connectivity index (χ4v) is 5.06. The van der Waals surface area contributed by atoms with Gasteiger partial charge in [-0.3, -0.25) is 9.59 Å². The lowest BCUT2D eigenvalue weighted by atomic mass is 9.97. The predicted molar refractivity (Wildman–Crippen MR) is 153 cm³/mol. The molecule has 1 amide bonds. The number of ether oxygens (including phenoxy) is 2. The minimum atomic E-state index is -0.439. The minimum Gasteiger partial charge on any atom is -0.494 e. The van der Waals surface area contributed by atoms with Crippen LogP contribution in [0, 0.1) is 0 Å². The average molecular weight is 560 g/mol. The lowest BCUT2D eigenvalue weighted by molar-refractivity contribution is -0.143. The Bertz CT molecular complexity index is 1530. The number of carbonyl (C=O) groups is 2. The number of aromatic nitrogens is 1. The van der Waals surface area contributed by atoms with Crippen molar-refractivity contribution < 1.29 is 23.5 Å². The first-order chi connectivity index (χ1) is 19.5. The summed E-state index contributed by atoms with van der Waals surface area (Å²) in [6.45, 7) is 4.55. The summed E-state index contributed by atoms with van der Waals surface area (Å²) in [5.74, 6) is 0.980. The first-order valence-electron chi connectivity index (χ1n) is 13.4. The van der Waals surface area contributed by atoms with Gasteiger partial charge in [-0.2, -0.15) is 5.10 Å². The number of carbonyl (C=O) groups excluding carboxylic acids is 2. The van der Waals surface area contributed by atoms with Crippen molar-refractivity contribution in [1.82, 2.24) is 9.99 Å². The molecule has 2 aromatic carbocycles. The van der Waals surface area contributed by atoms with Crippen molar-refractivity contribution in [3.63, 3.8) is 0 Å². The van der Waals surface area contributed by atoms with Gasteiger partial charge < -0.3 is 13.9 Å². The highest BCUT2D eigenvalue weighted by Crippen LogP contribution is 2.38. The molecule has 8 nitrogen and oxygen atoms in total. The normalized spacial score (nSPS) is 14.8. The third-order valence-corrected chi connectivity index (χ3v) is 7.01. The molecule has 1 aliphatic rings. The van der Waals surface area contributed by atoms with Crippen LogP contribution in [0.3, 0.4) is 0 Å². The number of rotatable bonds is 10. The maximum atomic E-state index is 13.4. The molecule has 3 heterocycles. The van der Waals surface area contributed by atoms with Gasteiger partial charge in [0.2, 0.25) is 5.91 Å². The summed E-state index contributed by atoms with van der Waals surface area (Å²) in [7, 11) is 0. The van der Waals surface area contributed by atoms with Gasteiger partial charge >= 0.3 is 5.97 Å². The number of pyridine rings is 1. The molecule has 40 heavy (non-hydrogen) atoms. The summed E-state index contributed by atoms with van der Waals surface area (Å²) < 4.78 is 16.1. The number of nitrogens with zero attached hydrogens (tertiary/aromatic N) is 3. The van der Waals surface area contributed by atoms with Crippen molar-refractivity contribution in [1.29, 1.82) is 0 Å². The molecule has 206 valence electrons. The molecule has 0 bridgehead atoms. The van der Waals surface area contributed by atoms with Crippen molar-refractivity contribution >= 4 is 40.1 Å². The van der Waals surface area contributed by atoms with Gasteiger partial charge in [0.1, 0.15) is 16.7 Å². The van der Waals surface area contributed by atoms with E-state index in [1.165, 1.54) is 5.01 Å². The molecule has 0 N–H and O–H groups in total. The van der Waals surface area contributed by atoms with E-state index in [0.717, 1.165) is 28.0 Å². The number of benzene rings is 2. The summed E-state index contributed by atoms with van der Waals surface area (Å²) in [6, 6.07) is 18.8. The molecule has 0 fully saturated rings. The molecular weight excluding hydrogens is 530 g/mol. The SMILES string of the molecule is CCOC(=O)CCCC(=O)N1N=C(c2ccc(-c3ccco3)cc2)CC1c1cc2ccc(OCC)cc2nc1Cl. The molecule has 0 aliphatic carbocycles. The van der Waals surface area contributed by atoms with Crippen LogP contribution >= 0.6 is 11.6 Å². The molecule has 1 unspecified atom stereocenters. The number of hydrazone groups is 1. The van der Waals surface area contributed by atoms with Crippen molar-refractivity contribution in [2.75, 3.05) is 13.2 Å². The Morgan fingerprint density at radius 3 is 2.55 bits per heavy atom. The van der Waals surface area contributed by atoms with Crippen LogP contribution in [0.4, 0.5) is 0 Å². The number of fused-ring (bicyclic) bond motifs is 1. The minimum absolute atomic E-state index is 0.153. The second kappa shape index (κ2) is 12.3. The van der Waals surface area contributed by atoms with E-state index >= 15 is 0 Å². The number of esters is 1. The zero-order chi connectivity index (χ0) is 28.1. The summed E-state index contributed by atoms with van der Waals surface area (Å²) in [6.07, 6.45) is 2.80. The van der Waals surface area contributed by atoms with Gasteiger partial charge in [0.05, 0.1) is 36.7 Å². The highest BCUT2D eigenvalue weighted by molar-refractivity contribution is 6.30. The third-order valence-electron chi connectivity index (χ3n) is 6.71. The molecule has 2 aromatic heterocycles. The van der Waals surface area contributed by atoms with Crippen molar-refractivity contribution in [2.24, 2.45) is 5.10 Å². The Morgan fingerprint density at radius 1 is 1.02 bits per heavy atom. The number of halogens is 1. The second-order valence-corrected chi connectivity index (χ2v) is 9.73. The smallest absolute Gasteiger partial charge is 0.305 e. The Kier molecular flexibility index (Phi) is 8.45. The zero-order valence-electron chi connectivity index (χ0n) is 22.4. The fourth-order valence-electron chi connectivity index (χ4n) is 4.79. The van der Waals surface area contributed by atoms with E-state index in [4.69, 9.17) is 30.6 Å². The largest absolute Gasteiger partial charge is 0.494 e. The van der Waals surface area contributed by atoms with Crippen LogP contribution in [-0.4, -0.2) is 40.8 Å². The highest BCUT2D eigenvalue weighted by atomic mass is 35.5. The number of furan rings is 1. The Balaban J connectivity index is 1.44. The average Bonchev–Trinajstić information content (AvgIpc) is 3.64. The molecule has 0 spiro atoms. The predicted octanol–water partition coefficient (Wildman–Crippen LogP) is 6.96. The van der Waals surface area contributed by atoms with Gasteiger partial charge in [0.15, 0.2) is 0 Å². The Hall–Kier alpha value is -4.17. The van der Waals surface area contributed by atoms with Gasteiger partial charge in [0, 0.05) is 41.8 Å². The van der Waals surface area contributed by atoms with Gasteiger partial charge in [-0.25, -0.2) is 9.99 Å². The van der Waals surface area contributed by atoms with Crippen molar-refractivity contribution in [3.8, 4) is 17.1 Å². The van der Waals surface area contributed by atoms with E-state index in [0.29, 0.717) is 48.0 Å². The summed E-state index contributed by atoms with van der Waals surface area (Å²) in [5, 5.41) is 7.44. The van der Waals surface area contributed by atoms with E-state index in [1.54, 1.807) is 13.2 Å². The first kappa shape index (κ1) is 27.4. The van der Waals surface area contributed by atoms with Gasteiger partial charge in [-0.15, -0.1) is 0 Å². The monoisotopic (exact) mass is 559 g/mol. The van der Waals surface area contributed by atoms with E-state index in [-0.39, 0.29) is 24.7 Å². The standard InChI is InChI=1S/C31H30ClN3O5/c1-3-38-23-15-14-22-17-24(31(32)33-25(22)18-23)27-19-26(20-10-12-21(13-11-20)28-7-6-16-40-28)34-35(27)29(36)8-5-9-30(37)39-4-2/h6-7,10-18,27H,3-5,8-9,19H2,1-2H3. The molecule has 1 aliphatic heterocycles. The van der Waals surface area contributed by atoms with Gasteiger partial charge in [-0.1, -0.05) is 35.9 Å². The number of hydrogen-bond donors (Lipinski definition) is 0. The first-order valence-corrected chi connectivity index (χ1v) is 13.8. The van der Waals surface area contributed by atoms with Crippen LogP contribution in [-0.2, 0) is 14.3 Å². The molecular formula is C31H30ClN3O5. The Labute approximate surface area is 237 Å². The lowest BCUT2D eigenvalue weighted by Gasteiger charge is -2.23. The van der Waals surface area contributed by atoms with E-state index in [9.17, 15) is 9.59 Å². The summed E-state index contributed by atoms with van der Waals surface area (Å²) in [5.41, 5.74) is 4.03. The zero-order valence-corrected chi connectivity index (χ0v) is 23.2. The molecule has 5 rings (SSSR count).